The Kier molecular flexibility index (Phi) is 0.914. The third-order valence-corrected chi connectivity index (χ3v) is 0.136. The van der Waals surface area contributed by atoms with Crippen LogP contribution in [0.4, 0.5) is 0 Å². The Morgan fingerprint density at radius 1 is 2.40 bits per heavy atom. The van der Waals surface area contributed by atoms with Crippen LogP contribution < -0.4 is 10.8 Å². The first-order chi connectivity index (χ1) is 2.64. The molecule has 0 saturated carbocycles. The zero-order valence-corrected chi connectivity index (χ0v) is 2.47. The van der Waals surface area contributed by atoms with Gasteiger partial charge in [-0.3, -0.25) is 0 Å². The van der Waals surface area contributed by atoms with Crippen molar-refractivity contribution < 1.29 is 11.3 Å². The lowest BCUT2D eigenvalue weighted by atomic mass is 10.7. The van der Waals surface area contributed by atoms with Gasteiger partial charge in [-0.1, -0.05) is 0 Å². The molecule has 0 aromatic carbocycles. The van der Waals surface area contributed by atoms with E-state index in [1.807, 2.05) is 0 Å². The molecule has 0 aliphatic heterocycles. The molecule has 0 bridgehead atoms. The molecule has 1 unspecified atom stereocenters. The van der Waals surface area contributed by atoms with E-state index in [2.05, 4.69) is 5.73 Å². The maximum Gasteiger partial charge on any atom is 0.0550 e. The minimum atomic E-state index is -1.59. The normalized spacial score (nSPS) is 16.6. The summed E-state index contributed by atoms with van der Waals surface area (Å²) in [6.45, 7) is -1.59. The summed E-state index contributed by atoms with van der Waals surface area (Å²) in [7, 11) is 0. The number of rotatable bonds is 1. The number of hydrogen-bond acceptors (Lipinski definition) is 3. The van der Waals surface area contributed by atoms with Crippen LogP contribution in [0.25, 0.3) is 0 Å². The summed E-state index contributed by atoms with van der Waals surface area (Å²) in [6.07, 6.45) is 0. The minimum Gasteiger partial charge on any atom is -0.549 e. The summed E-state index contributed by atoms with van der Waals surface area (Å²) in [5, 5.41) is 9.28. The fourth-order valence-corrected chi connectivity index (χ4v) is 0. The molecule has 3 nitrogen and oxygen atoms in total. The zero-order chi connectivity index (χ0) is 5.15. The van der Waals surface area contributed by atoms with Crippen LogP contribution in [0, 0.1) is 0 Å². The van der Waals surface area contributed by atoms with E-state index in [0.717, 1.165) is 0 Å². The molecule has 0 aromatic heterocycles. The van der Waals surface area contributed by atoms with Gasteiger partial charge in [-0.15, -0.1) is 0 Å². The van der Waals surface area contributed by atoms with Gasteiger partial charge in [0.25, 0.3) is 0 Å². The SMILES string of the molecule is [2H]C(N)C(=O)[O-]. The predicted molar refractivity (Wildman–Crippen MR) is 14.1 cm³/mol. The van der Waals surface area contributed by atoms with E-state index in [0.29, 0.717) is 0 Å². The number of aliphatic carboxylic acids is 1. The largest absolute Gasteiger partial charge is 0.549 e. The number of carbonyl (C=O) groups excluding carboxylic acids is 1. The van der Waals surface area contributed by atoms with Crippen molar-refractivity contribution in [2.75, 3.05) is 6.52 Å². The molecule has 0 aliphatic rings. The highest BCUT2D eigenvalue weighted by Crippen LogP contribution is 1.33. The summed E-state index contributed by atoms with van der Waals surface area (Å²) < 4.78 is 6.15. The third kappa shape index (κ3) is 3.43. The fourth-order valence-electron chi connectivity index (χ4n) is 0. The topological polar surface area (TPSA) is 66.2 Å². The van der Waals surface area contributed by atoms with E-state index in [1.165, 1.54) is 0 Å². The Hall–Kier alpha value is -0.570. The quantitative estimate of drug-likeness (QED) is 0.381. The van der Waals surface area contributed by atoms with Crippen molar-refractivity contribution in [3.8, 4) is 0 Å². The highest BCUT2D eigenvalue weighted by Gasteiger charge is 1.65. The van der Waals surface area contributed by atoms with E-state index in [-0.39, 0.29) is 0 Å². The average molecular weight is 75.1 g/mol. The van der Waals surface area contributed by atoms with Crippen molar-refractivity contribution >= 4 is 5.97 Å². The molecule has 0 fully saturated rings. The summed E-state index contributed by atoms with van der Waals surface area (Å²) >= 11 is 0. The first kappa shape index (κ1) is 2.66. The summed E-state index contributed by atoms with van der Waals surface area (Å²) in [5.74, 6) is -1.55. The van der Waals surface area contributed by atoms with Crippen molar-refractivity contribution in [2.45, 2.75) is 0 Å². The molecule has 5 heavy (non-hydrogen) atoms. The van der Waals surface area contributed by atoms with Crippen molar-refractivity contribution in [3.05, 3.63) is 0 Å². The maximum atomic E-state index is 9.28. The van der Waals surface area contributed by atoms with Crippen molar-refractivity contribution in [2.24, 2.45) is 5.73 Å². The summed E-state index contributed by atoms with van der Waals surface area (Å²) in [6, 6.07) is 0. The Labute approximate surface area is 30.8 Å². The van der Waals surface area contributed by atoms with E-state index in [9.17, 15) is 9.90 Å². The lowest BCUT2D eigenvalue weighted by molar-refractivity contribution is -0.303. The van der Waals surface area contributed by atoms with Crippen LogP contribution in [0.2, 0.25) is 0 Å². The number of carbonyl (C=O) groups is 1. The molecule has 0 rings (SSSR count). The molecule has 1 atom stereocenters. The number of hydrogen-bond donors (Lipinski definition) is 1. The molecule has 0 spiro atoms. The summed E-state index contributed by atoms with van der Waals surface area (Å²) in [4.78, 5) is 9.28. The molecule has 0 heterocycles. The smallest absolute Gasteiger partial charge is 0.0550 e. The zero-order valence-electron chi connectivity index (χ0n) is 3.47. The van der Waals surface area contributed by atoms with Gasteiger partial charge in [0.05, 0.1) is 5.97 Å². The van der Waals surface area contributed by atoms with Gasteiger partial charge in [-0.2, -0.15) is 0 Å². The van der Waals surface area contributed by atoms with Gasteiger partial charge in [0, 0.05) is 7.89 Å². The van der Waals surface area contributed by atoms with Crippen LogP contribution in [-0.2, 0) is 4.79 Å². The molecule has 0 radical (unpaired) electrons. The molecule has 0 saturated heterocycles. The predicted octanol–water partition coefficient (Wildman–Crippen LogP) is -2.30. The Morgan fingerprint density at radius 3 is 2.60 bits per heavy atom. The number of carboxylic acids is 1. The molecular weight excluding hydrogens is 70.0 g/mol. The lowest BCUT2D eigenvalue weighted by Crippen LogP contribution is -2.30. The lowest BCUT2D eigenvalue weighted by Gasteiger charge is -1.87. The third-order valence-electron chi connectivity index (χ3n) is 0.136. The highest BCUT2D eigenvalue weighted by molar-refractivity contribution is 5.66. The first-order valence-corrected chi connectivity index (χ1v) is 1.03. The Bertz CT molecular complexity index is 62.6. The van der Waals surface area contributed by atoms with Gasteiger partial charge in [0.2, 0.25) is 0 Å². The summed E-state index contributed by atoms with van der Waals surface area (Å²) in [5.41, 5.74) is 4.44. The van der Waals surface area contributed by atoms with Gasteiger partial charge in [0.1, 0.15) is 0 Å². The maximum absolute atomic E-state index is 9.28. The van der Waals surface area contributed by atoms with Crippen molar-refractivity contribution in [1.29, 1.82) is 0 Å². The van der Waals surface area contributed by atoms with E-state index < -0.39 is 12.5 Å². The monoisotopic (exact) mass is 75.0 g/mol. The van der Waals surface area contributed by atoms with Crippen LogP contribution in [0.3, 0.4) is 0 Å². The van der Waals surface area contributed by atoms with Crippen LogP contribution in [0.1, 0.15) is 1.37 Å². The Balaban J connectivity index is 3.26. The molecule has 0 aliphatic carbocycles. The minimum absolute atomic E-state index is 1.55. The standard InChI is InChI=1S/C2H5NO2/c3-1-2(4)5/h1,3H2,(H,4,5)/p-1/i1D. The van der Waals surface area contributed by atoms with Crippen LogP contribution in [0.15, 0.2) is 0 Å². The molecule has 3 heteroatoms. The fraction of sp³-hybridized carbons (Fsp3) is 0.500. The molecule has 0 amide bonds. The highest BCUT2D eigenvalue weighted by atomic mass is 16.4. The molecular formula is C2H4NO2-. The van der Waals surface area contributed by atoms with E-state index in [4.69, 9.17) is 1.37 Å². The van der Waals surface area contributed by atoms with Gasteiger partial charge in [0.15, 0.2) is 0 Å². The van der Waals surface area contributed by atoms with Gasteiger partial charge in [-0.05, 0) is 0 Å². The Morgan fingerprint density at radius 2 is 2.60 bits per heavy atom. The number of carboxylic acid groups (broad SMARTS) is 1. The molecule has 30 valence electrons. The van der Waals surface area contributed by atoms with Crippen LogP contribution in [-0.4, -0.2) is 12.5 Å². The second-order valence-electron chi connectivity index (χ2n) is 0.486. The van der Waals surface area contributed by atoms with Gasteiger partial charge in [-0.25, -0.2) is 0 Å². The van der Waals surface area contributed by atoms with Gasteiger partial charge < -0.3 is 15.6 Å². The van der Waals surface area contributed by atoms with Crippen molar-refractivity contribution in [3.63, 3.8) is 0 Å². The second-order valence-corrected chi connectivity index (χ2v) is 0.486. The van der Waals surface area contributed by atoms with Crippen molar-refractivity contribution in [1.82, 2.24) is 0 Å². The molecule has 2 N–H and O–H groups in total. The van der Waals surface area contributed by atoms with Crippen LogP contribution in [0.5, 0.6) is 0 Å². The van der Waals surface area contributed by atoms with E-state index >= 15 is 0 Å². The first-order valence-electron chi connectivity index (χ1n) is 1.61. The van der Waals surface area contributed by atoms with Gasteiger partial charge >= 0.3 is 0 Å². The van der Waals surface area contributed by atoms with Crippen LogP contribution >= 0.6 is 0 Å². The molecule has 0 aromatic rings. The average Bonchev–Trinajstić information content (AvgIpc) is 1.36. The van der Waals surface area contributed by atoms with E-state index in [1.54, 1.807) is 0 Å². The second kappa shape index (κ2) is 1.72. The number of nitrogens with two attached hydrogens (primary N) is 1.